The van der Waals surface area contributed by atoms with E-state index in [0.717, 1.165) is 36.9 Å². The third kappa shape index (κ3) is 2.69. The number of carbonyl (C=O) groups is 1. The summed E-state index contributed by atoms with van der Waals surface area (Å²) >= 11 is 6.26. The Morgan fingerprint density at radius 3 is 2.67 bits per heavy atom. The molecule has 1 saturated carbocycles. The number of nitrogens with zero attached hydrogens (tertiary/aromatic N) is 2. The van der Waals surface area contributed by atoms with Crippen molar-refractivity contribution in [3.63, 3.8) is 0 Å². The number of benzene rings is 1. The molecule has 1 atom stereocenters. The van der Waals surface area contributed by atoms with Crippen LogP contribution in [0.25, 0.3) is 22.2 Å². The van der Waals surface area contributed by atoms with Crippen molar-refractivity contribution in [2.45, 2.75) is 63.8 Å². The van der Waals surface area contributed by atoms with Crippen molar-refractivity contribution in [1.29, 1.82) is 0 Å². The fraction of sp³-hybridized carbons (Fsp3) is 0.400. The van der Waals surface area contributed by atoms with Crippen molar-refractivity contribution in [1.82, 2.24) is 9.13 Å². The van der Waals surface area contributed by atoms with Crippen LogP contribution in [0, 0.1) is 0 Å². The fourth-order valence-corrected chi connectivity index (χ4v) is 6.02. The van der Waals surface area contributed by atoms with Gasteiger partial charge in [-0.1, -0.05) is 31.4 Å². The van der Waals surface area contributed by atoms with E-state index < -0.39 is 11.6 Å². The quantitative estimate of drug-likeness (QED) is 0.456. The Kier molecular flexibility index (Phi) is 4.42. The first-order valence-electron chi connectivity index (χ1n) is 11.4. The van der Waals surface area contributed by atoms with Gasteiger partial charge < -0.3 is 19.0 Å². The summed E-state index contributed by atoms with van der Waals surface area (Å²) in [5.41, 5.74) is 0.584. The minimum Gasteiger partial charge on any atom is -0.458 e. The SMILES string of the molecule is CC[C@@]1(O)C(=O)OCc2c1cc1n(c2=O)Cc2c-1c(=O)c1cc(Cl)ccc1n2C1CCCC1. The molecule has 7 nitrogen and oxygen atoms in total. The molecule has 1 N–H and O–H groups in total. The third-order valence-corrected chi connectivity index (χ3v) is 7.80. The van der Waals surface area contributed by atoms with Gasteiger partial charge in [-0.05, 0) is 43.5 Å². The topological polar surface area (TPSA) is 90.5 Å². The Hall–Kier alpha value is -2.90. The minimum absolute atomic E-state index is 0.0637. The fourth-order valence-electron chi connectivity index (χ4n) is 5.84. The molecule has 0 unspecified atom stereocenters. The van der Waals surface area contributed by atoms with Gasteiger partial charge in [-0.25, -0.2) is 4.79 Å². The van der Waals surface area contributed by atoms with Gasteiger partial charge in [-0.15, -0.1) is 0 Å². The standard InChI is InChI=1S/C25H23ClN2O5/c1-2-25(32)17-10-19-21-20(11-27(19)23(30)16(17)12-33-24(25)31)28(14-5-3-4-6-14)18-8-7-13(26)9-15(18)22(21)29/h7-10,14,32H,2-6,11-12H2,1H3/t25-/m0/s1. The lowest BCUT2D eigenvalue weighted by molar-refractivity contribution is -0.172. The number of pyridine rings is 2. The molecule has 0 spiro atoms. The van der Waals surface area contributed by atoms with Gasteiger partial charge in [0.15, 0.2) is 11.0 Å². The summed E-state index contributed by atoms with van der Waals surface area (Å²) in [4.78, 5) is 39.7. The highest BCUT2D eigenvalue weighted by atomic mass is 35.5. The van der Waals surface area contributed by atoms with Gasteiger partial charge >= 0.3 is 5.97 Å². The van der Waals surface area contributed by atoms with E-state index in [9.17, 15) is 19.5 Å². The maximum absolute atomic E-state index is 13.7. The molecular formula is C25H23ClN2O5. The molecular weight excluding hydrogens is 444 g/mol. The van der Waals surface area contributed by atoms with E-state index in [-0.39, 0.29) is 47.7 Å². The number of hydrogen-bond donors (Lipinski definition) is 1. The molecule has 0 bridgehead atoms. The van der Waals surface area contributed by atoms with E-state index in [1.165, 1.54) is 0 Å². The molecule has 2 aromatic heterocycles. The smallest absolute Gasteiger partial charge is 0.343 e. The Labute approximate surface area is 194 Å². The number of aromatic nitrogens is 2. The van der Waals surface area contributed by atoms with E-state index in [0.29, 0.717) is 21.7 Å². The van der Waals surface area contributed by atoms with Crippen LogP contribution in [0.1, 0.15) is 61.9 Å². The van der Waals surface area contributed by atoms with Crippen molar-refractivity contribution in [3.05, 3.63) is 66.7 Å². The lowest BCUT2D eigenvalue weighted by Gasteiger charge is -2.31. The largest absolute Gasteiger partial charge is 0.458 e. The Balaban J connectivity index is 1.71. The Morgan fingerprint density at radius 2 is 1.94 bits per heavy atom. The van der Waals surface area contributed by atoms with E-state index in [1.54, 1.807) is 29.7 Å². The zero-order valence-corrected chi connectivity index (χ0v) is 18.9. The summed E-state index contributed by atoms with van der Waals surface area (Å²) in [6.45, 7) is 1.74. The second kappa shape index (κ2) is 7.05. The van der Waals surface area contributed by atoms with Gasteiger partial charge in [0.2, 0.25) is 0 Å². The molecule has 0 amide bonds. The summed E-state index contributed by atoms with van der Waals surface area (Å²) in [7, 11) is 0. The van der Waals surface area contributed by atoms with Crippen LogP contribution in [0.4, 0.5) is 0 Å². The lowest BCUT2D eigenvalue weighted by Crippen LogP contribution is -2.44. The van der Waals surface area contributed by atoms with Crippen LogP contribution < -0.4 is 11.0 Å². The molecule has 3 aromatic rings. The predicted molar refractivity (Wildman–Crippen MR) is 124 cm³/mol. The maximum Gasteiger partial charge on any atom is 0.343 e. The van der Waals surface area contributed by atoms with Gasteiger partial charge in [0.1, 0.15) is 6.61 Å². The van der Waals surface area contributed by atoms with Gasteiger partial charge in [0.25, 0.3) is 5.56 Å². The number of esters is 1. The molecule has 8 heteroatoms. The zero-order chi connectivity index (χ0) is 23.1. The molecule has 0 radical (unpaired) electrons. The number of fused-ring (bicyclic) bond motifs is 5. The number of cyclic esters (lactones) is 1. The van der Waals surface area contributed by atoms with Crippen molar-refractivity contribution in [2.75, 3.05) is 0 Å². The zero-order valence-electron chi connectivity index (χ0n) is 18.2. The number of carbonyl (C=O) groups excluding carboxylic acids is 1. The van der Waals surface area contributed by atoms with Crippen molar-refractivity contribution in [2.24, 2.45) is 0 Å². The van der Waals surface area contributed by atoms with Crippen LogP contribution in [0.5, 0.6) is 0 Å². The van der Waals surface area contributed by atoms with Crippen LogP contribution in [0.3, 0.4) is 0 Å². The molecule has 1 aromatic carbocycles. The van der Waals surface area contributed by atoms with Crippen molar-refractivity contribution >= 4 is 28.5 Å². The Morgan fingerprint density at radius 1 is 1.18 bits per heavy atom. The number of halogens is 1. The molecule has 1 aliphatic carbocycles. The molecule has 6 rings (SSSR count). The average molecular weight is 467 g/mol. The maximum atomic E-state index is 13.7. The Bertz CT molecular complexity index is 1480. The monoisotopic (exact) mass is 466 g/mol. The van der Waals surface area contributed by atoms with E-state index in [4.69, 9.17) is 16.3 Å². The average Bonchev–Trinajstić information content (AvgIpc) is 3.46. The number of aliphatic hydroxyl groups is 1. The summed E-state index contributed by atoms with van der Waals surface area (Å²) in [6, 6.07) is 7.24. The van der Waals surface area contributed by atoms with Crippen molar-refractivity contribution in [3.8, 4) is 11.3 Å². The summed E-state index contributed by atoms with van der Waals surface area (Å²) in [5, 5.41) is 12.1. The third-order valence-electron chi connectivity index (χ3n) is 7.57. The molecule has 0 saturated heterocycles. The van der Waals surface area contributed by atoms with Gasteiger partial charge in [0.05, 0.1) is 34.6 Å². The van der Waals surface area contributed by atoms with Gasteiger partial charge in [-0.3, -0.25) is 9.59 Å². The molecule has 3 aliphatic rings. The normalized spacial score (nSPS) is 21.7. The van der Waals surface area contributed by atoms with E-state index in [1.807, 2.05) is 6.07 Å². The molecule has 170 valence electrons. The number of ether oxygens (including phenoxy) is 1. The van der Waals surface area contributed by atoms with E-state index >= 15 is 0 Å². The van der Waals surface area contributed by atoms with Crippen molar-refractivity contribution < 1.29 is 14.6 Å². The first-order chi connectivity index (χ1) is 15.8. The first kappa shape index (κ1) is 20.7. The molecule has 2 aliphatic heterocycles. The number of hydrogen-bond acceptors (Lipinski definition) is 5. The second-order valence-electron chi connectivity index (χ2n) is 9.22. The van der Waals surface area contributed by atoms with Gasteiger partial charge in [-0.2, -0.15) is 0 Å². The lowest BCUT2D eigenvalue weighted by atomic mass is 9.85. The summed E-state index contributed by atoms with van der Waals surface area (Å²) in [6.07, 6.45) is 4.31. The van der Waals surface area contributed by atoms with Crippen LogP contribution in [0.2, 0.25) is 5.02 Å². The second-order valence-corrected chi connectivity index (χ2v) is 9.66. The highest BCUT2D eigenvalue weighted by Crippen LogP contribution is 2.41. The molecule has 33 heavy (non-hydrogen) atoms. The van der Waals surface area contributed by atoms with Crippen LogP contribution in [-0.4, -0.2) is 20.2 Å². The van der Waals surface area contributed by atoms with Crippen LogP contribution >= 0.6 is 11.6 Å². The number of rotatable bonds is 2. The van der Waals surface area contributed by atoms with Crippen LogP contribution in [0.15, 0.2) is 33.9 Å². The highest BCUT2D eigenvalue weighted by Gasteiger charge is 2.45. The van der Waals surface area contributed by atoms with Gasteiger partial charge in [0, 0.05) is 22.0 Å². The molecule has 1 fully saturated rings. The van der Waals surface area contributed by atoms with E-state index in [2.05, 4.69) is 4.57 Å². The highest BCUT2D eigenvalue weighted by molar-refractivity contribution is 6.31. The first-order valence-corrected chi connectivity index (χ1v) is 11.8. The minimum atomic E-state index is -1.91. The van der Waals surface area contributed by atoms with Crippen LogP contribution in [-0.2, 0) is 28.3 Å². The predicted octanol–water partition coefficient (Wildman–Crippen LogP) is 3.61. The summed E-state index contributed by atoms with van der Waals surface area (Å²) < 4.78 is 8.94. The summed E-state index contributed by atoms with van der Waals surface area (Å²) in [5.74, 6) is -0.770. The molecule has 4 heterocycles.